The largest absolute Gasteiger partial charge is 0.477 e. The maximum atomic E-state index is 10.9. The van der Waals surface area contributed by atoms with Gasteiger partial charge in [-0.1, -0.05) is 29.8 Å². The maximum absolute atomic E-state index is 10.9. The van der Waals surface area contributed by atoms with Crippen LogP contribution in [0.3, 0.4) is 0 Å². The summed E-state index contributed by atoms with van der Waals surface area (Å²) in [6.07, 6.45) is 0. The predicted molar refractivity (Wildman–Crippen MR) is 66.2 cm³/mol. The minimum Gasteiger partial charge on any atom is -0.477 e. The van der Waals surface area contributed by atoms with Crippen LogP contribution in [-0.4, -0.2) is 11.1 Å². The minimum atomic E-state index is -0.855. The number of rotatable bonds is 2. The van der Waals surface area contributed by atoms with E-state index in [0.717, 1.165) is 16.0 Å². The highest BCUT2D eigenvalue weighted by molar-refractivity contribution is 7.17. The number of hydrogen-bond donors (Lipinski definition) is 1. The summed E-state index contributed by atoms with van der Waals surface area (Å²) in [5.74, 6) is -0.855. The molecule has 0 atom stereocenters. The van der Waals surface area contributed by atoms with E-state index in [-0.39, 0.29) is 0 Å². The van der Waals surface area contributed by atoms with Gasteiger partial charge in [-0.2, -0.15) is 0 Å². The third-order valence-corrected chi connectivity index (χ3v) is 3.72. The normalized spacial score (nSPS) is 10.4. The monoisotopic (exact) mass is 232 g/mol. The molecule has 0 radical (unpaired) electrons. The van der Waals surface area contributed by atoms with Gasteiger partial charge in [0.25, 0.3) is 0 Å². The van der Waals surface area contributed by atoms with Crippen LogP contribution in [0.4, 0.5) is 0 Å². The Hall–Kier alpha value is -1.61. The first-order valence-electron chi connectivity index (χ1n) is 4.98. The first-order valence-corrected chi connectivity index (χ1v) is 5.80. The summed E-state index contributed by atoms with van der Waals surface area (Å²) in [5.41, 5.74) is 3.31. The van der Waals surface area contributed by atoms with Gasteiger partial charge in [0, 0.05) is 4.88 Å². The summed E-state index contributed by atoms with van der Waals surface area (Å²) in [5, 5.41) is 8.92. The quantitative estimate of drug-likeness (QED) is 0.856. The average Bonchev–Trinajstić information content (AvgIpc) is 2.62. The zero-order valence-electron chi connectivity index (χ0n) is 9.15. The molecule has 1 N–H and O–H groups in total. The van der Waals surface area contributed by atoms with Crippen LogP contribution in [0.25, 0.3) is 10.4 Å². The molecular formula is C13H12O2S. The molecule has 82 valence electrons. The topological polar surface area (TPSA) is 37.3 Å². The van der Waals surface area contributed by atoms with Gasteiger partial charge in [0.15, 0.2) is 0 Å². The number of aryl methyl sites for hydroxylation is 2. The lowest BCUT2D eigenvalue weighted by Crippen LogP contribution is -1.89. The van der Waals surface area contributed by atoms with Crippen LogP contribution in [0, 0.1) is 13.8 Å². The maximum Gasteiger partial charge on any atom is 0.345 e. The van der Waals surface area contributed by atoms with Crippen LogP contribution in [-0.2, 0) is 0 Å². The van der Waals surface area contributed by atoms with Gasteiger partial charge in [-0.05, 0) is 31.0 Å². The van der Waals surface area contributed by atoms with Crippen molar-refractivity contribution in [2.75, 3.05) is 0 Å². The van der Waals surface area contributed by atoms with Gasteiger partial charge in [-0.15, -0.1) is 11.3 Å². The fourth-order valence-corrected chi connectivity index (χ4v) is 2.60. The zero-order chi connectivity index (χ0) is 11.7. The van der Waals surface area contributed by atoms with Crippen LogP contribution in [0.1, 0.15) is 20.8 Å². The summed E-state index contributed by atoms with van der Waals surface area (Å²) < 4.78 is 0. The summed E-state index contributed by atoms with van der Waals surface area (Å²) in [4.78, 5) is 12.3. The number of carbonyl (C=O) groups is 1. The van der Waals surface area contributed by atoms with E-state index in [2.05, 4.69) is 0 Å². The molecule has 2 nitrogen and oxygen atoms in total. The van der Waals surface area contributed by atoms with E-state index in [1.807, 2.05) is 38.1 Å². The molecule has 1 heterocycles. The van der Waals surface area contributed by atoms with E-state index in [4.69, 9.17) is 5.11 Å². The van der Waals surface area contributed by atoms with Gasteiger partial charge in [-0.3, -0.25) is 0 Å². The van der Waals surface area contributed by atoms with Crippen molar-refractivity contribution < 1.29 is 9.90 Å². The van der Waals surface area contributed by atoms with Crippen LogP contribution in [0.15, 0.2) is 30.3 Å². The first-order chi connectivity index (χ1) is 7.58. The second-order valence-electron chi connectivity index (χ2n) is 3.79. The number of carboxylic acid groups (broad SMARTS) is 1. The Labute approximate surface area is 98.2 Å². The molecule has 0 fully saturated rings. The van der Waals surface area contributed by atoms with Crippen molar-refractivity contribution in [2.45, 2.75) is 13.8 Å². The molecule has 2 rings (SSSR count). The van der Waals surface area contributed by atoms with Gasteiger partial charge in [0.1, 0.15) is 4.88 Å². The highest BCUT2D eigenvalue weighted by Gasteiger charge is 2.12. The van der Waals surface area contributed by atoms with Crippen molar-refractivity contribution in [3.05, 3.63) is 46.3 Å². The molecule has 0 saturated heterocycles. The Bertz CT molecular complexity index is 523. The van der Waals surface area contributed by atoms with Gasteiger partial charge >= 0.3 is 5.97 Å². The Morgan fingerprint density at radius 2 is 1.81 bits per heavy atom. The SMILES string of the molecule is Cc1ccc(-c2sc(C(=O)O)cc2C)cc1. The molecule has 0 aliphatic carbocycles. The fraction of sp³-hybridized carbons (Fsp3) is 0.154. The Kier molecular flexibility index (Phi) is 2.79. The molecule has 0 aliphatic heterocycles. The van der Waals surface area contributed by atoms with E-state index in [1.54, 1.807) is 6.07 Å². The minimum absolute atomic E-state index is 0.396. The van der Waals surface area contributed by atoms with Crippen molar-refractivity contribution in [3.63, 3.8) is 0 Å². The van der Waals surface area contributed by atoms with Gasteiger partial charge in [-0.25, -0.2) is 4.79 Å². The van der Waals surface area contributed by atoms with Crippen molar-refractivity contribution in [1.29, 1.82) is 0 Å². The smallest absolute Gasteiger partial charge is 0.345 e. The van der Waals surface area contributed by atoms with E-state index >= 15 is 0 Å². The molecule has 1 aromatic heterocycles. The lowest BCUT2D eigenvalue weighted by Gasteiger charge is -1.99. The van der Waals surface area contributed by atoms with E-state index in [9.17, 15) is 4.79 Å². The number of thiophene rings is 1. The summed E-state index contributed by atoms with van der Waals surface area (Å²) in [6.45, 7) is 3.98. The highest BCUT2D eigenvalue weighted by Crippen LogP contribution is 2.32. The van der Waals surface area contributed by atoms with Crippen LogP contribution in [0.2, 0.25) is 0 Å². The molecule has 0 amide bonds. The molecule has 2 aromatic rings. The molecule has 0 unspecified atom stereocenters. The van der Waals surface area contributed by atoms with Crippen molar-refractivity contribution >= 4 is 17.3 Å². The Morgan fingerprint density at radius 1 is 1.19 bits per heavy atom. The van der Waals surface area contributed by atoms with Crippen LogP contribution < -0.4 is 0 Å². The predicted octanol–water partition coefficient (Wildman–Crippen LogP) is 3.73. The van der Waals surface area contributed by atoms with Crippen molar-refractivity contribution in [3.8, 4) is 10.4 Å². The zero-order valence-corrected chi connectivity index (χ0v) is 9.97. The second-order valence-corrected chi connectivity index (χ2v) is 4.85. The van der Waals surface area contributed by atoms with Crippen LogP contribution >= 0.6 is 11.3 Å². The molecule has 1 aromatic carbocycles. The number of benzene rings is 1. The number of carboxylic acids is 1. The van der Waals surface area contributed by atoms with Crippen molar-refractivity contribution in [2.24, 2.45) is 0 Å². The van der Waals surface area contributed by atoms with E-state index in [1.165, 1.54) is 16.9 Å². The van der Waals surface area contributed by atoms with E-state index < -0.39 is 5.97 Å². The number of aromatic carboxylic acids is 1. The second kappa shape index (κ2) is 4.10. The third kappa shape index (κ3) is 1.99. The lowest BCUT2D eigenvalue weighted by atomic mass is 10.1. The summed E-state index contributed by atoms with van der Waals surface area (Å²) in [6, 6.07) is 9.85. The molecule has 0 bridgehead atoms. The molecular weight excluding hydrogens is 220 g/mol. The molecule has 0 spiro atoms. The Morgan fingerprint density at radius 3 is 2.31 bits per heavy atom. The molecule has 0 saturated carbocycles. The molecule has 3 heteroatoms. The van der Waals surface area contributed by atoms with E-state index in [0.29, 0.717) is 4.88 Å². The van der Waals surface area contributed by atoms with Gasteiger partial charge < -0.3 is 5.11 Å². The number of hydrogen-bond acceptors (Lipinski definition) is 2. The standard InChI is InChI=1S/C13H12O2S/c1-8-3-5-10(6-4-8)12-9(2)7-11(16-12)13(14)15/h3-7H,1-2H3,(H,14,15). The van der Waals surface area contributed by atoms with Crippen LogP contribution in [0.5, 0.6) is 0 Å². The first kappa shape index (κ1) is 10.9. The summed E-state index contributed by atoms with van der Waals surface area (Å²) in [7, 11) is 0. The van der Waals surface area contributed by atoms with Crippen molar-refractivity contribution in [1.82, 2.24) is 0 Å². The third-order valence-electron chi connectivity index (χ3n) is 2.44. The molecule has 0 aliphatic rings. The lowest BCUT2D eigenvalue weighted by molar-refractivity contribution is 0.0702. The Balaban J connectivity index is 2.47. The molecule has 16 heavy (non-hydrogen) atoms. The fourth-order valence-electron chi connectivity index (χ4n) is 1.58. The summed E-state index contributed by atoms with van der Waals surface area (Å²) >= 11 is 1.33. The van der Waals surface area contributed by atoms with Gasteiger partial charge in [0.2, 0.25) is 0 Å². The highest BCUT2D eigenvalue weighted by atomic mass is 32.1. The van der Waals surface area contributed by atoms with Gasteiger partial charge in [0.05, 0.1) is 0 Å². The average molecular weight is 232 g/mol.